The topological polar surface area (TPSA) is 28.4 Å². The fourth-order valence-corrected chi connectivity index (χ4v) is 2.49. The molecule has 0 aliphatic heterocycles. The fraction of sp³-hybridized carbons (Fsp3) is 0.444. The lowest BCUT2D eigenvalue weighted by atomic mass is 10.2. The molecule has 3 nitrogen and oxygen atoms in total. The Bertz CT molecular complexity index is 545. The summed E-state index contributed by atoms with van der Waals surface area (Å²) >= 11 is 0. The van der Waals surface area contributed by atoms with Crippen LogP contribution in [0.1, 0.15) is 36.7 Å². The van der Waals surface area contributed by atoms with Gasteiger partial charge in [-0.1, -0.05) is 37.3 Å². The van der Waals surface area contributed by atoms with Gasteiger partial charge in [0.15, 0.2) is 0 Å². The van der Waals surface area contributed by atoms with Crippen molar-refractivity contribution >= 4 is 0 Å². The van der Waals surface area contributed by atoms with Crippen molar-refractivity contribution in [2.45, 2.75) is 45.4 Å². The summed E-state index contributed by atoms with van der Waals surface area (Å²) in [7, 11) is 0. The van der Waals surface area contributed by atoms with Crippen LogP contribution in [0.5, 0.6) is 0 Å². The Morgan fingerprint density at radius 1 is 1.14 bits per heavy atom. The Kier molecular flexibility index (Phi) is 4.73. The van der Waals surface area contributed by atoms with Gasteiger partial charge in [0.1, 0.15) is 5.76 Å². The molecule has 21 heavy (non-hydrogen) atoms. The third-order valence-electron chi connectivity index (χ3n) is 3.96. The summed E-state index contributed by atoms with van der Waals surface area (Å²) in [4.78, 5) is 2.40. The van der Waals surface area contributed by atoms with Gasteiger partial charge in [0.25, 0.3) is 0 Å². The second-order valence-corrected chi connectivity index (χ2v) is 5.87. The molecule has 0 amide bonds. The molecule has 0 radical (unpaired) electrons. The normalized spacial score (nSPS) is 14.8. The molecule has 1 N–H and O–H groups in total. The molecule has 2 aromatic rings. The Hall–Kier alpha value is -1.58. The minimum Gasteiger partial charge on any atom is -0.468 e. The molecule has 1 aliphatic carbocycles. The minimum atomic E-state index is 0.744. The molecule has 1 fully saturated rings. The zero-order valence-corrected chi connectivity index (χ0v) is 12.7. The number of nitrogens with zero attached hydrogens (tertiary/aromatic N) is 1. The third-order valence-corrected chi connectivity index (χ3v) is 3.96. The van der Waals surface area contributed by atoms with Crippen molar-refractivity contribution in [1.29, 1.82) is 0 Å². The van der Waals surface area contributed by atoms with Gasteiger partial charge in [-0.15, -0.1) is 0 Å². The fourth-order valence-electron chi connectivity index (χ4n) is 2.49. The molecular weight excluding hydrogens is 260 g/mol. The first-order chi connectivity index (χ1) is 10.3. The lowest BCUT2D eigenvalue weighted by Crippen LogP contribution is -2.22. The molecular formula is C18H24N2O. The second kappa shape index (κ2) is 6.92. The third kappa shape index (κ3) is 4.45. The van der Waals surface area contributed by atoms with Gasteiger partial charge in [0.05, 0.1) is 12.8 Å². The van der Waals surface area contributed by atoms with Gasteiger partial charge in [0.2, 0.25) is 0 Å². The van der Waals surface area contributed by atoms with Crippen LogP contribution >= 0.6 is 0 Å². The zero-order chi connectivity index (χ0) is 14.5. The van der Waals surface area contributed by atoms with Crippen LogP contribution in [0.25, 0.3) is 0 Å². The molecule has 3 heteroatoms. The van der Waals surface area contributed by atoms with Crippen LogP contribution in [-0.4, -0.2) is 17.5 Å². The van der Waals surface area contributed by atoms with Gasteiger partial charge in [-0.2, -0.15) is 0 Å². The van der Waals surface area contributed by atoms with E-state index in [-0.39, 0.29) is 0 Å². The van der Waals surface area contributed by atoms with E-state index in [0.29, 0.717) is 0 Å². The number of furan rings is 1. The summed E-state index contributed by atoms with van der Waals surface area (Å²) in [6.45, 7) is 5.98. The van der Waals surface area contributed by atoms with E-state index in [1.54, 1.807) is 0 Å². The van der Waals surface area contributed by atoms with E-state index in [9.17, 15) is 0 Å². The largest absolute Gasteiger partial charge is 0.468 e. The van der Waals surface area contributed by atoms with E-state index in [1.807, 2.05) is 6.26 Å². The SMILES string of the molecule is CCN(Cc1ccccc1)Cc1cc(CNC2CC2)co1. The minimum absolute atomic E-state index is 0.744. The van der Waals surface area contributed by atoms with Crippen molar-refractivity contribution in [2.75, 3.05) is 6.54 Å². The van der Waals surface area contributed by atoms with E-state index < -0.39 is 0 Å². The maximum absolute atomic E-state index is 5.71. The lowest BCUT2D eigenvalue weighted by Gasteiger charge is -2.19. The van der Waals surface area contributed by atoms with E-state index in [0.717, 1.165) is 38.0 Å². The van der Waals surface area contributed by atoms with Crippen molar-refractivity contribution in [2.24, 2.45) is 0 Å². The van der Waals surface area contributed by atoms with Gasteiger partial charge in [0, 0.05) is 24.7 Å². The molecule has 1 aromatic carbocycles. The van der Waals surface area contributed by atoms with Crippen LogP contribution in [0.4, 0.5) is 0 Å². The van der Waals surface area contributed by atoms with E-state index in [2.05, 4.69) is 53.5 Å². The Morgan fingerprint density at radius 3 is 2.67 bits per heavy atom. The Balaban J connectivity index is 1.53. The van der Waals surface area contributed by atoms with Crippen LogP contribution in [0, 0.1) is 0 Å². The van der Waals surface area contributed by atoms with Gasteiger partial charge >= 0.3 is 0 Å². The second-order valence-electron chi connectivity index (χ2n) is 5.87. The maximum Gasteiger partial charge on any atom is 0.118 e. The molecule has 0 unspecified atom stereocenters. The van der Waals surface area contributed by atoms with Crippen LogP contribution in [-0.2, 0) is 19.6 Å². The summed E-state index contributed by atoms with van der Waals surface area (Å²) in [5.41, 5.74) is 2.61. The molecule has 0 atom stereocenters. The molecule has 1 heterocycles. The highest BCUT2D eigenvalue weighted by Gasteiger charge is 2.20. The average molecular weight is 284 g/mol. The first kappa shape index (κ1) is 14.4. The molecule has 1 saturated carbocycles. The molecule has 0 spiro atoms. The van der Waals surface area contributed by atoms with Crippen molar-refractivity contribution in [1.82, 2.24) is 10.2 Å². The van der Waals surface area contributed by atoms with Crippen molar-refractivity contribution in [3.05, 3.63) is 59.5 Å². The van der Waals surface area contributed by atoms with E-state index >= 15 is 0 Å². The molecule has 3 rings (SSSR count). The van der Waals surface area contributed by atoms with Crippen LogP contribution in [0.3, 0.4) is 0 Å². The van der Waals surface area contributed by atoms with Crippen molar-refractivity contribution < 1.29 is 4.42 Å². The first-order valence-corrected chi connectivity index (χ1v) is 7.89. The Morgan fingerprint density at radius 2 is 1.95 bits per heavy atom. The van der Waals surface area contributed by atoms with Gasteiger partial charge in [-0.05, 0) is 31.0 Å². The molecule has 0 saturated heterocycles. The van der Waals surface area contributed by atoms with Crippen LogP contribution < -0.4 is 5.32 Å². The standard InChI is InChI=1S/C18H24N2O/c1-2-20(12-15-6-4-3-5-7-15)13-18-10-16(14-21-18)11-19-17-8-9-17/h3-7,10,14,17,19H,2,8-9,11-13H2,1H3. The highest BCUT2D eigenvalue weighted by Crippen LogP contribution is 2.20. The molecule has 0 bridgehead atoms. The summed E-state index contributed by atoms with van der Waals surface area (Å²) in [6.07, 6.45) is 4.54. The van der Waals surface area contributed by atoms with Crippen LogP contribution in [0.2, 0.25) is 0 Å². The molecule has 112 valence electrons. The number of benzene rings is 1. The maximum atomic E-state index is 5.71. The summed E-state index contributed by atoms with van der Waals surface area (Å²) in [5, 5.41) is 3.52. The highest BCUT2D eigenvalue weighted by molar-refractivity contribution is 5.16. The number of rotatable bonds is 8. The van der Waals surface area contributed by atoms with Gasteiger partial charge in [-0.25, -0.2) is 0 Å². The quantitative estimate of drug-likeness (QED) is 0.803. The lowest BCUT2D eigenvalue weighted by molar-refractivity contribution is 0.248. The smallest absolute Gasteiger partial charge is 0.118 e. The van der Waals surface area contributed by atoms with Crippen LogP contribution in [0.15, 0.2) is 47.1 Å². The Labute approximate surface area is 127 Å². The summed E-state index contributed by atoms with van der Waals surface area (Å²) in [5.74, 6) is 1.06. The predicted molar refractivity (Wildman–Crippen MR) is 84.8 cm³/mol. The van der Waals surface area contributed by atoms with E-state index in [1.165, 1.54) is 24.0 Å². The molecule has 1 aliphatic rings. The number of hydrogen-bond donors (Lipinski definition) is 1. The monoisotopic (exact) mass is 284 g/mol. The van der Waals surface area contributed by atoms with Gasteiger partial charge < -0.3 is 9.73 Å². The average Bonchev–Trinajstić information content (AvgIpc) is 3.25. The highest BCUT2D eigenvalue weighted by atomic mass is 16.3. The van der Waals surface area contributed by atoms with Crippen molar-refractivity contribution in [3.8, 4) is 0 Å². The number of hydrogen-bond acceptors (Lipinski definition) is 3. The summed E-state index contributed by atoms with van der Waals surface area (Å²) < 4.78 is 5.71. The van der Waals surface area contributed by atoms with E-state index in [4.69, 9.17) is 4.42 Å². The predicted octanol–water partition coefficient (Wildman–Crippen LogP) is 3.55. The zero-order valence-electron chi connectivity index (χ0n) is 12.7. The number of nitrogens with one attached hydrogen (secondary N) is 1. The van der Waals surface area contributed by atoms with Crippen molar-refractivity contribution in [3.63, 3.8) is 0 Å². The van der Waals surface area contributed by atoms with Gasteiger partial charge in [-0.3, -0.25) is 4.90 Å². The molecule has 1 aromatic heterocycles. The first-order valence-electron chi connectivity index (χ1n) is 7.89. The summed E-state index contributed by atoms with van der Waals surface area (Å²) in [6, 6.07) is 13.5.